The van der Waals surface area contributed by atoms with Crippen molar-refractivity contribution in [2.24, 2.45) is 0 Å². The van der Waals surface area contributed by atoms with Crippen molar-refractivity contribution < 1.29 is 36.2 Å². The molecule has 0 aliphatic carbocycles. The topological polar surface area (TPSA) is 115 Å². The lowest BCUT2D eigenvalue weighted by Crippen LogP contribution is -2.31. The molecule has 1 amide bonds. The third-order valence-electron chi connectivity index (χ3n) is 10.2. The predicted molar refractivity (Wildman–Crippen MR) is 189 cm³/mol. The maximum atomic E-state index is 15.1. The summed E-state index contributed by atoms with van der Waals surface area (Å²) in [6.45, 7) is 7.83. The van der Waals surface area contributed by atoms with E-state index in [0.717, 1.165) is 30.9 Å². The van der Waals surface area contributed by atoms with Gasteiger partial charge in [-0.25, -0.2) is 8.78 Å². The van der Waals surface area contributed by atoms with E-state index in [-0.39, 0.29) is 42.2 Å². The zero-order valence-electron chi connectivity index (χ0n) is 29.6. The monoisotopic (exact) mass is 786 g/mol. The number of nitrogens with zero attached hydrogens (tertiary/aromatic N) is 7. The maximum absolute atomic E-state index is 15.1. The van der Waals surface area contributed by atoms with E-state index in [1.165, 1.54) is 26.5 Å². The van der Waals surface area contributed by atoms with E-state index in [9.17, 15) is 22.4 Å². The van der Waals surface area contributed by atoms with Gasteiger partial charge in [0.05, 0.1) is 65.4 Å². The number of ether oxygens (including phenoxy) is 2. The minimum atomic E-state index is -4.96. The van der Waals surface area contributed by atoms with Crippen LogP contribution in [0.1, 0.15) is 84.2 Å². The highest BCUT2D eigenvalue weighted by atomic mass is 35.5. The van der Waals surface area contributed by atoms with Crippen molar-refractivity contribution in [3.8, 4) is 6.01 Å². The van der Waals surface area contributed by atoms with Crippen molar-refractivity contribution in [3.63, 3.8) is 0 Å². The van der Waals surface area contributed by atoms with E-state index in [0.29, 0.717) is 61.4 Å². The summed E-state index contributed by atoms with van der Waals surface area (Å²) in [4.78, 5) is 27.9. The number of benzene rings is 1. The largest absolute Gasteiger partial charge is 0.467 e. The van der Waals surface area contributed by atoms with Crippen molar-refractivity contribution in [2.45, 2.75) is 84.0 Å². The molecule has 2 N–H and O–H groups in total. The van der Waals surface area contributed by atoms with Gasteiger partial charge in [-0.3, -0.25) is 14.4 Å². The Hall–Kier alpha value is -3.73. The number of fused-ring (bicyclic) bond motifs is 3. The smallest absolute Gasteiger partial charge is 0.418 e. The van der Waals surface area contributed by atoms with Crippen LogP contribution in [0, 0.1) is 5.82 Å². The fourth-order valence-electron chi connectivity index (χ4n) is 7.53. The highest BCUT2D eigenvalue weighted by Gasteiger charge is 2.42. The molecule has 0 saturated carbocycles. The summed E-state index contributed by atoms with van der Waals surface area (Å²) in [5.74, 6) is -1.10. The first-order valence-electron chi connectivity index (χ1n) is 17.5. The molecule has 2 atom stereocenters. The molecule has 18 heteroatoms. The van der Waals surface area contributed by atoms with Crippen LogP contribution in [0.4, 0.5) is 33.5 Å². The number of carbonyl (C=O) groups is 1. The molecule has 0 spiro atoms. The molecule has 1 aromatic carbocycles. The zero-order chi connectivity index (χ0) is 38.2. The van der Waals surface area contributed by atoms with Gasteiger partial charge in [0.15, 0.2) is 11.5 Å². The molecule has 288 valence electrons. The van der Waals surface area contributed by atoms with Gasteiger partial charge in [0.1, 0.15) is 5.82 Å². The molecule has 2 aromatic heterocycles. The molecule has 2 fully saturated rings. The van der Waals surface area contributed by atoms with Crippen LogP contribution in [0.2, 0.25) is 10.0 Å². The third kappa shape index (κ3) is 7.78. The van der Waals surface area contributed by atoms with Gasteiger partial charge < -0.3 is 25.0 Å². The summed E-state index contributed by atoms with van der Waals surface area (Å²) in [7, 11) is 1.36. The van der Waals surface area contributed by atoms with Gasteiger partial charge in [0.2, 0.25) is 0 Å². The van der Waals surface area contributed by atoms with Crippen LogP contribution >= 0.6 is 23.2 Å². The molecular weight excluding hydrogens is 746 g/mol. The average Bonchev–Trinajstić information content (AvgIpc) is 3.78. The second kappa shape index (κ2) is 15.9. The Bertz CT molecular complexity index is 1870. The Labute approximate surface area is 313 Å². The van der Waals surface area contributed by atoms with Crippen LogP contribution in [0.3, 0.4) is 0 Å². The minimum absolute atomic E-state index is 0.0298. The first-order chi connectivity index (χ1) is 25.3. The standard InChI is InChI=1S/C27H29Cl2F4N7O3.C8H12FN/c1-4-38(5-2)25(41)23-21(29)17-11-39(7-6-8-40(17)37-23)24-13-12-43-18(10-16(13)35-26(36-24)42-3)19-20(27(31,32)33)14(28)9-15(34)22(19)30;9-5-7-4-8-2-1-3-10(8)6-7/h9,18H,4-8,10-12,34H2,1-3H3;5,8H,1-4,6H2/b;7-5-. The summed E-state index contributed by atoms with van der Waals surface area (Å²) in [5, 5.41) is 4.02. The fourth-order valence-corrected chi connectivity index (χ4v) is 8.13. The van der Waals surface area contributed by atoms with E-state index in [1.807, 2.05) is 18.7 Å². The van der Waals surface area contributed by atoms with Crippen LogP contribution in [-0.4, -0.2) is 81.3 Å². The van der Waals surface area contributed by atoms with Crippen molar-refractivity contribution in [2.75, 3.05) is 50.5 Å². The Morgan fingerprint density at radius 3 is 2.55 bits per heavy atom. The number of alkyl halides is 3. The Morgan fingerprint density at radius 1 is 1.13 bits per heavy atom. The number of methoxy groups -OCH3 is 1. The van der Waals surface area contributed by atoms with E-state index in [2.05, 4.69) is 20.0 Å². The fraction of sp³-hybridized carbons (Fsp3) is 0.543. The van der Waals surface area contributed by atoms with Crippen LogP contribution in [0.5, 0.6) is 6.01 Å². The molecule has 3 aromatic rings. The minimum Gasteiger partial charge on any atom is -0.467 e. The maximum Gasteiger partial charge on any atom is 0.418 e. The van der Waals surface area contributed by atoms with Crippen LogP contribution in [0.25, 0.3) is 0 Å². The molecule has 4 aliphatic heterocycles. The lowest BCUT2D eigenvalue weighted by atomic mass is 9.93. The number of carbonyl (C=O) groups excluding carboxylic acids is 1. The molecule has 7 rings (SSSR count). The van der Waals surface area contributed by atoms with Gasteiger partial charge >= 0.3 is 12.2 Å². The van der Waals surface area contributed by atoms with Crippen molar-refractivity contribution in [1.29, 1.82) is 0 Å². The first-order valence-corrected chi connectivity index (χ1v) is 18.3. The first kappa shape index (κ1) is 39.0. The molecule has 2 saturated heterocycles. The van der Waals surface area contributed by atoms with Crippen LogP contribution in [-0.2, 0) is 37.0 Å². The predicted octanol–water partition coefficient (Wildman–Crippen LogP) is 7.14. The number of aromatic nitrogens is 4. The molecule has 4 aliphatic rings. The van der Waals surface area contributed by atoms with Crippen molar-refractivity contribution in [1.82, 2.24) is 29.5 Å². The summed E-state index contributed by atoms with van der Waals surface area (Å²) in [6.07, 6.45) is -1.59. The lowest BCUT2D eigenvalue weighted by Gasteiger charge is -2.31. The number of nitrogens with two attached hydrogens (primary N) is 1. The number of hydrogen-bond donors (Lipinski definition) is 1. The Kier molecular flexibility index (Phi) is 11.7. The Morgan fingerprint density at radius 2 is 1.89 bits per heavy atom. The Balaban J connectivity index is 0.000000411. The van der Waals surface area contributed by atoms with E-state index < -0.39 is 39.9 Å². The number of anilines is 2. The molecule has 11 nitrogen and oxygen atoms in total. The number of aryl methyl sites for hydroxylation is 1. The van der Waals surface area contributed by atoms with Gasteiger partial charge in [0.25, 0.3) is 5.91 Å². The highest BCUT2D eigenvalue weighted by Crippen LogP contribution is 2.46. The summed E-state index contributed by atoms with van der Waals surface area (Å²) >= 11 is 12.6. The zero-order valence-corrected chi connectivity index (χ0v) is 31.1. The number of hydrogen-bond acceptors (Lipinski definition) is 9. The number of amides is 1. The number of halogens is 7. The van der Waals surface area contributed by atoms with Crippen molar-refractivity contribution in [3.05, 3.63) is 67.6 Å². The molecule has 2 unspecified atom stereocenters. The molecular formula is C35H41Cl2F5N8O3. The molecule has 0 bridgehead atoms. The lowest BCUT2D eigenvalue weighted by molar-refractivity contribution is -0.140. The van der Waals surface area contributed by atoms with Gasteiger partial charge in [-0.1, -0.05) is 23.2 Å². The average molecular weight is 788 g/mol. The second-order valence-corrected chi connectivity index (χ2v) is 14.1. The van der Waals surface area contributed by atoms with Crippen LogP contribution in [0.15, 0.2) is 18.0 Å². The summed E-state index contributed by atoms with van der Waals surface area (Å²) in [5.41, 5.74) is 5.59. The number of rotatable bonds is 6. The highest BCUT2D eigenvalue weighted by molar-refractivity contribution is 6.34. The summed E-state index contributed by atoms with van der Waals surface area (Å²) < 4.78 is 82.0. The van der Waals surface area contributed by atoms with Gasteiger partial charge in [-0.15, -0.1) is 0 Å². The molecule has 53 heavy (non-hydrogen) atoms. The van der Waals surface area contributed by atoms with Gasteiger partial charge in [-0.2, -0.15) is 28.2 Å². The van der Waals surface area contributed by atoms with E-state index in [4.69, 9.17) is 38.4 Å². The SMILES string of the molecule is CCN(CC)C(=O)c1nn2c(c1Cl)CN(c1nc(OC)nc3c1COC(c1c(F)c(N)cc(Cl)c1C(F)(F)F)C3)CCC2.F/C=C1/CC2CCCN2C1. The normalized spacial score (nSPS) is 20.7. The van der Waals surface area contributed by atoms with Gasteiger partial charge in [0, 0.05) is 56.3 Å². The van der Waals surface area contributed by atoms with Crippen molar-refractivity contribution >= 4 is 40.6 Å². The second-order valence-electron chi connectivity index (χ2n) is 13.3. The molecule has 0 radical (unpaired) electrons. The molecule has 6 heterocycles. The third-order valence-corrected chi connectivity index (χ3v) is 10.9. The van der Waals surface area contributed by atoms with E-state index in [1.54, 1.807) is 9.58 Å². The quantitative estimate of drug-likeness (QED) is 0.206. The van der Waals surface area contributed by atoms with Gasteiger partial charge in [-0.05, 0) is 57.7 Å². The van der Waals surface area contributed by atoms with E-state index >= 15 is 4.39 Å². The number of nitrogen functional groups attached to an aromatic ring is 1. The van der Waals surface area contributed by atoms with Crippen LogP contribution < -0.4 is 15.4 Å². The summed E-state index contributed by atoms with van der Waals surface area (Å²) in [6, 6.07) is 1.39.